The van der Waals surface area contributed by atoms with Crippen LogP contribution in [0.1, 0.15) is 26.4 Å². The summed E-state index contributed by atoms with van der Waals surface area (Å²) in [7, 11) is 0. The summed E-state index contributed by atoms with van der Waals surface area (Å²) in [5.74, 6) is -0.466. The van der Waals surface area contributed by atoms with E-state index in [0.29, 0.717) is 11.1 Å². The molecule has 0 aliphatic carbocycles. The Morgan fingerprint density at radius 3 is 2.48 bits per heavy atom. The van der Waals surface area contributed by atoms with E-state index in [9.17, 15) is 9.59 Å². The number of amides is 2. The summed E-state index contributed by atoms with van der Waals surface area (Å²) in [6, 6.07) is 18.1. The zero-order valence-electron chi connectivity index (χ0n) is 12.0. The number of rotatable bonds is 1. The Morgan fingerprint density at radius 1 is 0.870 bits per heavy atom. The number of carbonyl (C=O) groups is 2. The number of hydrogen-bond donors (Lipinski definition) is 1. The van der Waals surface area contributed by atoms with Crippen molar-refractivity contribution < 1.29 is 9.59 Å². The van der Waals surface area contributed by atoms with Gasteiger partial charge in [0.1, 0.15) is 11.5 Å². The second kappa shape index (κ2) is 5.14. The van der Waals surface area contributed by atoms with Crippen molar-refractivity contribution in [1.82, 2.24) is 10.3 Å². The minimum Gasteiger partial charge on any atom is -0.305 e. The molecule has 2 heterocycles. The molecular weight excluding hydrogens is 290 g/mol. The molecule has 0 radical (unpaired) electrons. The molecule has 4 rings (SSSR count). The van der Waals surface area contributed by atoms with Gasteiger partial charge in [0.2, 0.25) is 0 Å². The van der Waals surface area contributed by atoms with Gasteiger partial charge in [0, 0.05) is 10.9 Å². The Hall–Kier alpha value is -3.34. The molecular formula is C18H11N3O2. The standard InChI is InChI=1S/C18H11N3O2/c22-17-13-7-3-2-6-12(13)16(20-17)21-18(23)15-10-9-11-5-1-4-8-14(11)19-15/h1-10H,(H,20,21,22,23). The van der Waals surface area contributed by atoms with Gasteiger partial charge in [0.25, 0.3) is 11.8 Å². The van der Waals surface area contributed by atoms with Crippen molar-refractivity contribution in [3.63, 3.8) is 0 Å². The lowest BCUT2D eigenvalue weighted by molar-refractivity contribution is 0.0973. The SMILES string of the molecule is O=C(NC1=NC(=O)c2ccccc21)c1ccc2ccccc2n1. The Morgan fingerprint density at radius 2 is 1.61 bits per heavy atom. The maximum atomic E-state index is 12.4. The lowest BCUT2D eigenvalue weighted by Crippen LogP contribution is -2.31. The van der Waals surface area contributed by atoms with Gasteiger partial charge in [-0.25, -0.2) is 4.98 Å². The molecule has 0 saturated heterocycles. The molecule has 1 N–H and O–H groups in total. The fourth-order valence-corrected chi connectivity index (χ4v) is 2.56. The van der Waals surface area contributed by atoms with Gasteiger partial charge < -0.3 is 5.32 Å². The molecule has 0 fully saturated rings. The van der Waals surface area contributed by atoms with Gasteiger partial charge in [0.05, 0.1) is 11.1 Å². The number of aromatic nitrogens is 1. The van der Waals surface area contributed by atoms with Crippen LogP contribution in [0, 0.1) is 0 Å². The highest BCUT2D eigenvalue weighted by atomic mass is 16.2. The lowest BCUT2D eigenvalue weighted by Gasteiger charge is -2.06. The van der Waals surface area contributed by atoms with E-state index in [4.69, 9.17) is 0 Å². The number of amidine groups is 1. The maximum absolute atomic E-state index is 12.4. The van der Waals surface area contributed by atoms with Gasteiger partial charge in [-0.05, 0) is 18.2 Å². The Labute approximate surface area is 131 Å². The van der Waals surface area contributed by atoms with Crippen molar-refractivity contribution in [3.8, 4) is 0 Å². The quantitative estimate of drug-likeness (QED) is 0.751. The van der Waals surface area contributed by atoms with E-state index in [2.05, 4.69) is 15.3 Å². The summed E-state index contributed by atoms with van der Waals surface area (Å²) in [5.41, 5.74) is 2.15. The first-order chi connectivity index (χ1) is 11.2. The van der Waals surface area contributed by atoms with Crippen molar-refractivity contribution in [2.75, 3.05) is 0 Å². The van der Waals surface area contributed by atoms with Crippen molar-refractivity contribution in [2.45, 2.75) is 0 Å². The van der Waals surface area contributed by atoms with Gasteiger partial charge in [-0.2, -0.15) is 4.99 Å². The van der Waals surface area contributed by atoms with Crippen molar-refractivity contribution in [1.29, 1.82) is 0 Å². The van der Waals surface area contributed by atoms with E-state index in [1.54, 1.807) is 30.3 Å². The predicted molar refractivity (Wildman–Crippen MR) is 86.5 cm³/mol. The normalized spacial score (nSPS) is 12.9. The number of benzene rings is 2. The van der Waals surface area contributed by atoms with Crippen LogP contribution in [0.15, 0.2) is 65.7 Å². The molecule has 0 unspecified atom stereocenters. The van der Waals surface area contributed by atoms with Crippen LogP contribution in [0.4, 0.5) is 0 Å². The maximum Gasteiger partial charge on any atom is 0.279 e. The lowest BCUT2D eigenvalue weighted by atomic mass is 10.1. The fourth-order valence-electron chi connectivity index (χ4n) is 2.56. The average Bonchev–Trinajstić information content (AvgIpc) is 2.91. The Bertz CT molecular complexity index is 992. The summed E-state index contributed by atoms with van der Waals surface area (Å²) in [4.78, 5) is 32.5. The highest BCUT2D eigenvalue weighted by molar-refractivity contribution is 6.24. The van der Waals surface area contributed by atoms with Crippen LogP contribution in [-0.4, -0.2) is 22.6 Å². The van der Waals surface area contributed by atoms with Crippen LogP contribution in [0.25, 0.3) is 10.9 Å². The van der Waals surface area contributed by atoms with E-state index in [-0.39, 0.29) is 23.3 Å². The molecule has 2 amide bonds. The van der Waals surface area contributed by atoms with Crippen molar-refractivity contribution >= 4 is 28.6 Å². The number of carbonyl (C=O) groups excluding carboxylic acids is 2. The van der Waals surface area contributed by atoms with Crippen LogP contribution in [-0.2, 0) is 0 Å². The summed E-state index contributed by atoms with van der Waals surface area (Å²) < 4.78 is 0. The molecule has 23 heavy (non-hydrogen) atoms. The molecule has 2 aromatic carbocycles. The monoisotopic (exact) mass is 301 g/mol. The van der Waals surface area contributed by atoms with Gasteiger partial charge in [-0.1, -0.05) is 42.5 Å². The van der Waals surface area contributed by atoms with E-state index >= 15 is 0 Å². The molecule has 0 spiro atoms. The third-order valence-electron chi connectivity index (χ3n) is 3.69. The zero-order chi connectivity index (χ0) is 15.8. The van der Waals surface area contributed by atoms with E-state index < -0.39 is 0 Å². The minimum atomic E-state index is -0.390. The molecule has 3 aromatic rings. The van der Waals surface area contributed by atoms with Gasteiger partial charge in [-0.3, -0.25) is 9.59 Å². The number of hydrogen-bond acceptors (Lipinski definition) is 3. The smallest absolute Gasteiger partial charge is 0.279 e. The van der Waals surface area contributed by atoms with Crippen molar-refractivity contribution in [2.24, 2.45) is 4.99 Å². The van der Waals surface area contributed by atoms with Crippen LogP contribution < -0.4 is 5.32 Å². The molecule has 5 heteroatoms. The molecule has 0 saturated carbocycles. The molecule has 5 nitrogen and oxygen atoms in total. The zero-order valence-corrected chi connectivity index (χ0v) is 12.0. The van der Waals surface area contributed by atoms with E-state index in [1.165, 1.54) is 0 Å². The third-order valence-corrected chi connectivity index (χ3v) is 3.69. The van der Waals surface area contributed by atoms with E-state index in [1.807, 2.05) is 30.3 Å². The summed E-state index contributed by atoms with van der Waals surface area (Å²) in [6.45, 7) is 0. The Balaban J connectivity index is 1.65. The van der Waals surface area contributed by atoms with Gasteiger partial charge in [0.15, 0.2) is 0 Å². The molecule has 110 valence electrons. The number of pyridine rings is 1. The van der Waals surface area contributed by atoms with Gasteiger partial charge >= 0.3 is 0 Å². The van der Waals surface area contributed by atoms with Gasteiger partial charge in [-0.15, -0.1) is 0 Å². The first-order valence-corrected chi connectivity index (χ1v) is 7.12. The third kappa shape index (κ3) is 2.28. The second-order valence-electron chi connectivity index (χ2n) is 5.15. The summed E-state index contributed by atoms with van der Waals surface area (Å²) in [5, 5.41) is 3.64. The molecule has 1 aromatic heterocycles. The van der Waals surface area contributed by atoms with Crippen LogP contribution in [0.5, 0.6) is 0 Å². The Kier molecular flexibility index (Phi) is 2.98. The van der Waals surface area contributed by atoms with Crippen LogP contribution in [0.2, 0.25) is 0 Å². The van der Waals surface area contributed by atoms with E-state index in [0.717, 1.165) is 10.9 Å². The predicted octanol–water partition coefficient (Wildman–Crippen LogP) is 2.57. The van der Waals surface area contributed by atoms with Crippen molar-refractivity contribution in [3.05, 3.63) is 77.5 Å². The first kappa shape index (κ1) is 13.3. The number of nitrogens with zero attached hydrogens (tertiary/aromatic N) is 2. The molecule has 1 aliphatic rings. The molecule has 0 bridgehead atoms. The average molecular weight is 301 g/mol. The summed E-state index contributed by atoms with van der Waals surface area (Å²) in [6.07, 6.45) is 0. The highest BCUT2D eigenvalue weighted by Crippen LogP contribution is 2.18. The van der Waals surface area contributed by atoms with Crippen LogP contribution >= 0.6 is 0 Å². The number of fused-ring (bicyclic) bond motifs is 2. The largest absolute Gasteiger partial charge is 0.305 e. The topological polar surface area (TPSA) is 71.4 Å². The second-order valence-corrected chi connectivity index (χ2v) is 5.15. The van der Waals surface area contributed by atoms with Crippen LogP contribution in [0.3, 0.4) is 0 Å². The molecule has 0 atom stereocenters. The summed E-state index contributed by atoms with van der Waals surface area (Å²) >= 11 is 0. The minimum absolute atomic E-state index is 0.269. The fraction of sp³-hybridized carbons (Fsp3) is 0. The number of aliphatic imine (C=N–C) groups is 1. The number of nitrogens with one attached hydrogen (secondary N) is 1. The first-order valence-electron chi connectivity index (χ1n) is 7.12. The molecule has 1 aliphatic heterocycles. The highest BCUT2D eigenvalue weighted by Gasteiger charge is 2.24. The number of para-hydroxylation sites is 1.